The predicted octanol–water partition coefficient (Wildman–Crippen LogP) is 0.462. The van der Waals surface area contributed by atoms with Gasteiger partial charge < -0.3 is 5.73 Å². The van der Waals surface area contributed by atoms with Gasteiger partial charge in [-0.05, 0) is 18.6 Å². The quantitative estimate of drug-likeness (QED) is 0.667. The first-order chi connectivity index (χ1) is 6.75. The predicted molar refractivity (Wildman–Crippen MR) is 54.0 cm³/mol. The van der Waals surface area contributed by atoms with Crippen LogP contribution in [-0.4, -0.2) is 16.6 Å². The molecule has 1 aliphatic carbocycles. The van der Waals surface area contributed by atoms with Crippen molar-refractivity contribution in [2.75, 3.05) is 5.43 Å². The fourth-order valence-electron chi connectivity index (χ4n) is 1.54. The Hall–Kier alpha value is -1.55. The second-order valence-corrected chi connectivity index (χ2v) is 3.46. The van der Waals surface area contributed by atoms with Crippen LogP contribution in [0.25, 0.3) is 0 Å². The summed E-state index contributed by atoms with van der Waals surface area (Å²) in [6.07, 6.45) is 8.02. The number of rotatable bonds is 2. The highest BCUT2D eigenvalue weighted by Gasteiger charge is 2.22. The molecule has 4 nitrogen and oxygen atoms in total. The van der Waals surface area contributed by atoms with Gasteiger partial charge in [0.2, 0.25) is 5.91 Å². The van der Waals surface area contributed by atoms with Gasteiger partial charge in [-0.15, -0.1) is 0 Å². The van der Waals surface area contributed by atoms with Crippen molar-refractivity contribution in [1.82, 2.24) is 4.68 Å². The zero-order valence-corrected chi connectivity index (χ0v) is 7.76. The van der Waals surface area contributed by atoms with Crippen molar-refractivity contribution in [2.45, 2.75) is 12.5 Å². The van der Waals surface area contributed by atoms with E-state index in [0.717, 1.165) is 0 Å². The number of hydrogen-bond donors (Lipinski definition) is 2. The van der Waals surface area contributed by atoms with E-state index in [1.54, 1.807) is 17.1 Å². The van der Waals surface area contributed by atoms with Gasteiger partial charge in [0.25, 0.3) is 0 Å². The lowest BCUT2D eigenvalue weighted by atomic mass is 10.1. The molecule has 0 spiro atoms. The topological polar surface area (TPSA) is 60.1 Å². The fraction of sp³-hybridized carbons (Fsp3) is 0.300. The van der Waals surface area contributed by atoms with Gasteiger partial charge in [-0.2, -0.15) is 0 Å². The Labute approximate surface area is 82.4 Å². The number of carbonyl (C=O) groups is 1. The number of nitrogens with two attached hydrogens (primary N) is 1. The molecular weight excluding hydrogens is 178 g/mol. The van der Waals surface area contributed by atoms with Gasteiger partial charge in [0.05, 0.1) is 5.92 Å². The van der Waals surface area contributed by atoms with Gasteiger partial charge in [0.1, 0.15) is 0 Å². The van der Waals surface area contributed by atoms with Gasteiger partial charge in [-0.1, -0.05) is 12.2 Å². The number of nitrogens with one attached hydrogen (secondary N) is 1. The van der Waals surface area contributed by atoms with Crippen molar-refractivity contribution in [3.63, 3.8) is 0 Å². The molecule has 2 atom stereocenters. The van der Waals surface area contributed by atoms with Crippen molar-refractivity contribution in [1.29, 1.82) is 0 Å². The maximum atomic E-state index is 11.6. The number of hydrogen-bond acceptors (Lipinski definition) is 2. The Bertz CT molecular complexity index is 342. The van der Waals surface area contributed by atoms with Crippen molar-refractivity contribution in [2.24, 2.45) is 11.7 Å². The van der Waals surface area contributed by atoms with Gasteiger partial charge in [-0.3, -0.25) is 14.9 Å². The van der Waals surface area contributed by atoms with Crippen LogP contribution in [-0.2, 0) is 4.79 Å². The second kappa shape index (κ2) is 3.67. The Balaban J connectivity index is 1.94. The largest absolute Gasteiger partial charge is 0.324 e. The van der Waals surface area contributed by atoms with E-state index in [4.69, 9.17) is 5.73 Å². The monoisotopic (exact) mass is 191 g/mol. The minimum Gasteiger partial charge on any atom is -0.324 e. The normalized spacial score (nSPS) is 25.2. The van der Waals surface area contributed by atoms with Gasteiger partial charge in [0, 0.05) is 18.4 Å². The molecule has 2 rings (SSSR count). The van der Waals surface area contributed by atoms with Crippen LogP contribution in [0.1, 0.15) is 6.42 Å². The molecule has 4 heteroatoms. The Morgan fingerprint density at radius 3 is 2.64 bits per heavy atom. The maximum absolute atomic E-state index is 11.6. The minimum atomic E-state index is -0.0904. The van der Waals surface area contributed by atoms with E-state index in [2.05, 4.69) is 5.43 Å². The molecule has 0 bridgehead atoms. The number of aromatic nitrogens is 1. The molecule has 1 aromatic heterocycles. The van der Waals surface area contributed by atoms with Crippen LogP contribution in [0.2, 0.25) is 0 Å². The highest BCUT2D eigenvalue weighted by Crippen LogP contribution is 2.16. The molecule has 1 amide bonds. The summed E-state index contributed by atoms with van der Waals surface area (Å²) in [6.45, 7) is 0. The summed E-state index contributed by atoms with van der Waals surface area (Å²) < 4.78 is 1.64. The number of nitrogens with zero attached hydrogens (tertiary/aromatic N) is 1. The SMILES string of the molecule is NC1C=CC(C(=O)Nn2cccc2)C1. The molecule has 74 valence electrons. The molecule has 0 radical (unpaired) electrons. The average Bonchev–Trinajstić information content (AvgIpc) is 2.75. The van der Waals surface area contributed by atoms with E-state index in [9.17, 15) is 4.79 Å². The summed E-state index contributed by atoms with van der Waals surface area (Å²) in [4.78, 5) is 11.6. The number of carbonyl (C=O) groups excluding carboxylic acids is 1. The van der Waals surface area contributed by atoms with Crippen molar-refractivity contribution >= 4 is 5.91 Å². The summed E-state index contributed by atoms with van der Waals surface area (Å²) >= 11 is 0. The summed E-state index contributed by atoms with van der Waals surface area (Å²) in [6, 6.07) is 3.74. The highest BCUT2D eigenvalue weighted by atomic mass is 16.2. The van der Waals surface area contributed by atoms with Crippen molar-refractivity contribution in [3.8, 4) is 0 Å². The van der Waals surface area contributed by atoms with Gasteiger partial charge >= 0.3 is 0 Å². The first-order valence-electron chi connectivity index (χ1n) is 4.63. The number of amides is 1. The summed E-state index contributed by atoms with van der Waals surface area (Å²) in [7, 11) is 0. The first-order valence-corrected chi connectivity index (χ1v) is 4.63. The molecule has 14 heavy (non-hydrogen) atoms. The molecule has 0 saturated heterocycles. The van der Waals surface area contributed by atoms with Crippen molar-refractivity contribution in [3.05, 3.63) is 36.7 Å². The second-order valence-electron chi connectivity index (χ2n) is 3.46. The molecule has 0 saturated carbocycles. The molecule has 3 N–H and O–H groups in total. The molecule has 1 heterocycles. The van der Waals surface area contributed by atoms with Gasteiger partial charge in [0.15, 0.2) is 0 Å². The van der Waals surface area contributed by atoms with Gasteiger partial charge in [-0.25, -0.2) is 0 Å². The van der Waals surface area contributed by atoms with E-state index >= 15 is 0 Å². The lowest BCUT2D eigenvalue weighted by Crippen LogP contribution is -2.28. The molecule has 1 aromatic rings. The standard InChI is InChI=1S/C10H13N3O/c11-9-4-3-8(7-9)10(14)12-13-5-1-2-6-13/h1-6,8-9H,7,11H2,(H,12,14). The highest BCUT2D eigenvalue weighted by molar-refractivity contribution is 5.87. The van der Waals surface area contributed by atoms with Crippen LogP contribution in [0, 0.1) is 5.92 Å². The maximum Gasteiger partial charge on any atom is 0.245 e. The van der Waals surface area contributed by atoms with E-state index in [1.807, 2.05) is 24.3 Å². The minimum absolute atomic E-state index is 0.00889. The first kappa shape index (κ1) is 9.02. The Morgan fingerprint density at radius 2 is 2.07 bits per heavy atom. The molecule has 0 fully saturated rings. The summed E-state index contributed by atoms with van der Waals surface area (Å²) in [5.41, 5.74) is 8.42. The van der Waals surface area contributed by atoms with Crippen LogP contribution in [0.5, 0.6) is 0 Å². The molecule has 2 unspecified atom stereocenters. The third-order valence-corrected chi connectivity index (χ3v) is 2.30. The Morgan fingerprint density at radius 1 is 1.36 bits per heavy atom. The molecule has 1 aliphatic rings. The smallest absolute Gasteiger partial charge is 0.245 e. The zero-order valence-electron chi connectivity index (χ0n) is 7.76. The van der Waals surface area contributed by atoms with E-state index in [1.165, 1.54) is 0 Å². The third-order valence-electron chi connectivity index (χ3n) is 2.30. The van der Waals surface area contributed by atoms with Crippen molar-refractivity contribution < 1.29 is 4.79 Å². The Kier molecular flexibility index (Phi) is 2.37. The van der Waals surface area contributed by atoms with Crippen LogP contribution in [0.3, 0.4) is 0 Å². The average molecular weight is 191 g/mol. The van der Waals surface area contributed by atoms with E-state index in [0.29, 0.717) is 6.42 Å². The van der Waals surface area contributed by atoms with E-state index < -0.39 is 0 Å². The van der Waals surface area contributed by atoms with Crippen LogP contribution >= 0.6 is 0 Å². The molecular formula is C10H13N3O. The summed E-state index contributed by atoms with van der Waals surface area (Å²) in [5.74, 6) is -0.0993. The van der Waals surface area contributed by atoms with Crippen LogP contribution < -0.4 is 11.2 Å². The van der Waals surface area contributed by atoms with Crippen LogP contribution in [0.4, 0.5) is 0 Å². The molecule has 0 aliphatic heterocycles. The lowest BCUT2D eigenvalue weighted by molar-refractivity contribution is -0.119. The molecule has 0 aromatic carbocycles. The third kappa shape index (κ3) is 1.85. The lowest BCUT2D eigenvalue weighted by Gasteiger charge is -2.10. The van der Waals surface area contributed by atoms with E-state index in [-0.39, 0.29) is 17.9 Å². The summed E-state index contributed by atoms with van der Waals surface area (Å²) in [5, 5.41) is 0. The fourth-order valence-corrected chi connectivity index (χ4v) is 1.54. The van der Waals surface area contributed by atoms with Crippen LogP contribution in [0.15, 0.2) is 36.7 Å². The zero-order chi connectivity index (χ0) is 9.97.